The highest BCUT2D eigenvalue weighted by Gasteiger charge is 2.24. The summed E-state index contributed by atoms with van der Waals surface area (Å²) in [5, 5.41) is 4.04. The molecule has 1 fully saturated rings. The number of rotatable bonds is 5. The molecule has 4 rings (SSSR count). The molecule has 1 heterocycles. The van der Waals surface area contributed by atoms with E-state index in [1.165, 1.54) is 7.11 Å². The van der Waals surface area contributed by atoms with E-state index in [4.69, 9.17) is 27.9 Å². The molecular weight excluding hydrogens is 461 g/mol. The Morgan fingerprint density at radius 2 is 1.55 bits per heavy atom. The number of amides is 2. The summed E-state index contributed by atoms with van der Waals surface area (Å²) in [5.41, 5.74) is 2.56. The highest BCUT2D eigenvalue weighted by atomic mass is 35.5. The van der Waals surface area contributed by atoms with E-state index in [-0.39, 0.29) is 11.8 Å². The van der Waals surface area contributed by atoms with Crippen molar-refractivity contribution in [3.8, 4) is 5.75 Å². The monoisotopic (exact) mass is 483 g/mol. The summed E-state index contributed by atoms with van der Waals surface area (Å²) >= 11 is 12.0. The molecule has 0 spiro atoms. The van der Waals surface area contributed by atoms with Gasteiger partial charge in [0.25, 0.3) is 11.8 Å². The van der Waals surface area contributed by atoms with Crippen molar-refractivity contribution in [2.24, 2.45) is 0 Å². The first-order valence-electron chi connectivity index (χ1n) is 10.5. The Bertz CT molecular complexity index is 1160. The maximum Gasteiger partial charge on any atom is 0.259 e. The number of para-hydroxylation sites is 2. The molecule has 1 N–H and O–H groups in total. The van der Waals surface area contributed by atoms with Crippen LogP contribution >= 0.6 is 23.2 Å². The second-order valence-electron chi connectivity index (χ2n) is 7.60. The number of anilines is 2. The van der Waals surface area contributed by atoms with Gasteiger partial charge < -0.3 is 19.9 Å². The molecule has 8 heteroatoms. The molecule has 0 unspecified atom stereocenters. The summed E-state index contributed by atoms with van der Waals surface area (Å²) in [6, 6.07) is 19.5. The first kappa shape index (κ1) is 23.0. The van der Waals surface area contributed by atoms with E-state index in [0.29, 0.717) is 58.8 Å². The van der Waals surface area contributed by atoms with Gasteiger partial charge in [-0.25, -0.2) is 0 Å². The van der Waals surface area contributed by atoms with Crippen molar-refractivity contribution < 1.29 is 14.3 Å². The van der Waals surface area contributed by atoms with E-state index >= 15 is 0 Å². The summed E-state index contributed by atoms with van der Waals surface area (Å²) in [6.45, 7) is 2.44. The van der Waals surface area contributed by atoms with Crippen LogP contribution in [0.15, 0.2) is 66.7 Å². The zero-order valence-electron chi connectivity index (χ0n) is 18.1. The summed E-state index contributed by atoms with van der Waals surface area (Å²) < 4.78 is 5.31. The SMILES string of the molecule is COc1ccc(Cl)cc1C(=O)Nc1ccccc1N1CCN(C(=O)c2ccc(Cl)cc2)CC1. The molecule has 0 radical (unpaired) electrons. The molecule has 0 aliphatic carbocycles. The second-order valence-corrected chi connectivity index (χ2v) is 8.47. The van der Waals surface area contributed by atoms with Crippen LogP contribution in [0.1, 0.15) is 20.7 Å². The second kappa shape index (κ2) is 10.1. The summed E-state index contributed by atoms with van der Waals surface area (Å²) in [6.07, 6.45) is 0. The van der Waals surface area contributed by atoms with Crippen LogP contribution in [0.2, 0.25) is 10.0 Å². The van der Waals surface area contributed by atoms with Crippen LogP contribution in [-0.4, -0.2) is 50.0 Å². The van der Waals surface area contributed by atoms with Gasteiger partial charge in [-0.05, 0) is 54.6 Å². The van der Waals surface area contributed by atoms with Gasteiger partial charge in [0.1, 0.15) is 5.75 Å². The number of hydrogen-bond acceptors (Lipinski definition) is 4. The molecule has 3 aromatic rings. The summed E-state index contributed by atoms with van der Waals surface area (Å²) in [5.74, 6) is 0.128. The lowest BCUT2D eigenvalue weighted by Crippen LogP contribution is -2.49. The van der Waals surface area contributed by atoms with Gasteiger partial charge in [0, 0.05) is 41.8 Å². The van der Waals surface area contributed by atoms with E-state index in [9.17, 15) is 9.59 Å². The highest BCUT2D eigenvalue weighted by Crippen LogP contribution is 2.29. The zero-order valence-corrected chi connectivity index (χ0v) is 19.6. The number of piperazine rings is 1. The van der Waals surface area contributed by atoms with Gasteiger partial charge in [-0.3, -0.25) is 9.59 Å². The fourth-order valence-electron chi connectivity index (χ4n) is 3.83. The molecule has 0 saturated carbocycles. The summed E-state index contributed by atoms with van der Waals surface area (Å²) in [4.78, 5) is 29.8. The molecule has 33 heavy (non-hydrogen) atoms. The number of carbonyl (C=O) groups excluding carboxylic acids is 2. The lowest BCUT2D eigenvalue weighted by molar-refractivity contribution is 0.0746. The molecule has 6 nitrogen and oxygen atoms in total. The molecule has 1 aliphatic rings. The van der Waals surface area contributed by atoms with Gasteiger partial charge >= 0.3 is 0 Å². The number of hydrogen-bond donors (Lipinski definition) is 1. The van der Waals surface area contributed by atoms with E-state index in [0.717, 1.165) is 5.69 Å². The molecule has 2 amide bonds. The van der Waals surface area contributed by atoms with Gasteiger partial charge in [-0.1, -0.05) is 35.3 Å². The molecule has 0 aromatic heterocycles. The maximum atomic E-state index is 13.0. The largest absolute Gasteiger partial charge is 0.496 e. The van der Waals surface area contributed by atoms with Crippen LogP contribution in [-0.2, 0) is 0 Å². The van der Waals surface area contributed by atoms with E-state index in [1.807, 2.05) is 29.2 Å². The first-order valence-corrected chi connectivity index (χ1v) is 11.3. The van der Waals surface area contributed by atoms with Crippen LogP contribution in [0.25, 0.3) is 0 Å². The zero-order chi connectivity index (χ0) is 23.4. The third kappa shape index (κ3) is 5.24. The quantitative estimate of drug-likeness (QED) is 0.540. The molecule has 1 aliphatic heterocycles. The van der Waals surface area contributed by atoms with Crippen LogP contribution in [0, 0.1) is 0 Å². The van der Waals surface area contributed by atoms with Crippen molar-refractivity contribution in [2.75, 3.05) is 43.5 Å². The van der Waals surface area contributed by atoms with E-state index in [2.05, 4.69) is 10.2 Å². The Kier molecular flexibility index (Phi) is 7.06. The Balaban J connectivity index is 1.46. The lowest BCUT2D eigenvalue weighted by atomic mass is 10.1. The predicted octanol–water partition coefficient (Wildman–Crippen LogP) is 5.22. The third-order valence-corrected chi connectivity index (χ3v) is 6.04. The molecule has 0 bridgehead atoms. The standard InChI is InChI=1S/C25H23Cl2N3O3/c1-33-23-11-10-19(27)16-20(23)24(31)28-21-4-2-3-5-22(21)29-12-14-30(15-13-29)25(32)17-6-8-18(26)9-7-17/h2-11,16H,12-15H2,1H3,(H,28,31). The first-order chi connectivity index (χ1) is 16.0. The number of methoxy groups -OCH3 is 1. The van der Waals surface area contributed by atoms with Crippen molar-refractivity contribution in [2.45, 2.75) is 0 Å². The van der Waals surface area contributed by atoms with Crippen LogP contribution in [0.3, 0.4) is 0 Å². The van der Waals surface area contributed by atoms with Crippen molar-refractivity contribution in [1.82, 2.24) is 4.90 Å². The Labute approximate surface area is 202 Å². The fourth-order valence-corrected chi connectivity index (χ4v) is 4.13. The molecule has 170 valence electrons. The fraction of sp³-hybridized carbons (Fsp3) is 0.200. The predicted molar refractivity (Wildman–Crippen MR) is 132 cm³/mol. The number of carbonyl (C=O) groups is 2. The Hall–Kier alpha value is -3.22. The molecule has 3 aromatic carbocycles. The van der Waals surface area contributed by atoms with Gasteiger partial charge in [-0.15, -0.1) is 0 Å². The average Bonchev–Trinajstić information content (AvgIpc) is 2.84. The topological polar surface area (TPSA) is 61.9 Å². The van der Waals surface area contributed by atoms with Crippen molar-refractivity contribution in [3.63, 3.8) is 0 Å². The van der Waals surface area contributed by atoms with Crippen molar-refractivity contribution in [1.29, 1.82) is 0 Å². The number of nitrogens with one attached hydrogen (secondary N) is 1. The van der Waals surface area contributed by atoms with Gasteiger partial charge in [0.15, 0.2) is 0 Å². The number of ether oxygens (including phenoxy) is 1. The Morgan fingerprint density at radius 1 is 0.879 bits per heavy atom. The normalized spacial score (nSPS) is 13.5. The van der Waals surface area contributed by atoms with Crippen molar-refractivity contribution >= 4 is 46.4 Å². The van der Waals surface area contributed by atoms with Gasteiger partial charge in [0.2, 0.25) is 0 Å². The minimum Gasteiger partial charge on any atom is -0.496 e. The van der Waals surface area contributed by atoms with Crippen LogP contribution in [0.4, 0.5) is 11.4 Å². The molecular formula is C25H23Cl2N3O3. The van der Waals surface area contributed by atoms with Gasteiger partial charge in [0.05, 0.1) is 24.0 Å². The maximum absolute atomic E-state index is 13.0. The lowest BCUT2D eigenvalue weighted by Gasteiger charge is -2.37. The van der Waals surface area contributed by atoms with E-state index < -0.39 is 0 Å². The van der Waals surface area contributed by atoms with Gasteiger partial charge in [-0.2, -0.15) is 0 Å². The highest BCUT2D eigenvalue weighted by molar-refractivity contribution is 6.31. The van der Waals surface area contributed by atoms with Crippen LogP contribution < -0.4 is 15.0 Å². The third-order valence-electron chi connectivity index (χ3n) is 5.56. The minimum absolute atomic E-state index is 0.0130. The molecule has 1 saturated heterocycles. The minimum atomic E-state index is -0.307. The Morgan fingerprint density at radius 3 is 2.24 bits per heavy atom. The number of benzene rings is 3. The smallest absolute Gasteiger partial charge is 0.259 e. The average molecular weight is 484 g/mol. The number of halogens is 2. The van der Waals surface area contributed by atoms with Crippen molar-refractivity contribution in [3.05, 3.63) is 87.9 Å². The summed E-state index contributed by atoms with van der Waals surface area (Å²) in [7, 11) is 1.51. The van der Waals surface area contributed by atoms with Crippen LogP contribution in [0.5, 0.6) is 5.75 Å². The number of nitrogens with zero attached hydrogens (tertiary/aromatic N) is 2. The molecule has 0 atom stereocenters. The van der Waals surface area contributed by atoms with E-state index in [1.54, 1.807) is 42.5 Å².